The molecule has 1 heteroatoms. The Kier molecular flexibility index (Phi) is 1.17. The smallest absolute Gasteiger partial charge is 0.0655 e. The Morgan fingerprint density at radius 1 is 1.00 bits per heavy atom. The molecule has 1 saturated carbocycles. The zero-order valence-corrected chi connectivity index (χ0v) is 6.94. The highest BCUT2D eigenvalue weighted by molar-refractivity contribution is 4.94. The first-order valence-corrected chi connectivity index (χ1v) is 4.26. The lowest BCUT2D eigenvalue weighted by Crippen LogP contribution is -2.47. The summed E-state index contributed by atoms with van der Waals surface area (Å²) in [6.45, 7) is 5.61. The second-order valence-corrected chi connectivity index (χ2v) is 4.55. The average Bonchev–Trinajstić information content (AvgIpc) is 1.93. The van der Waals surface area contributed by atoms with E-state index in [1.807, 2.05) is 0 Å². The lowest BCUT2D eigenvalue weighted by atomic mass is 9.68. The van der Waals surface area contributed by atoms with Gasteiger partial charge in [-0.05, 0) is 38.0 Å². The van der Waals surface area contributed by atoms with Crippen LogP contribution in [0.25, 0.3) is 0 Å². The van der Waals surface area contributed by atoms with Gasteiger partial charge in [0.05, 0.1) is 12.2 Å². The normalized spacial score (nSPS) is 53.4. The summed E-state index contributed by atoms with van der Waals surface area (Å²) in [6, 6.07) is 0. The van der Waals surface area contributed by atoms with Crippen LogP contribution in [0.15, 0.2) is 0 Å². The summed E-state index contributed by atoms with van der Waals surface area (Å²) in [5.74, 6) is 0. The van der Waals surface area contributed by atoms with Gasteiger partial charge >= 0.3 is 0 Å². The Morgan fingerprint density at radius 2 is 1.60 bits per heavy atom. The summed E-state index contributed by atoms with van der Waals surface area (Å²) in [5.41, 5.74) is 0.801. The Balaban J connectivity index is 2.16. The van der Waals surface area contributed by atoms with Crippen LogP contribution in [0.1, 0.15) is 39.5 Å². The molecule has 2 heterocycles. The third kappa shape index (κ3) is 0.878. The van der Waals surface area contributed by atoms with E-state index in [1.54, 1.807) is 0 Å². The highest BCUT2D eigenvalue weighted by atomic mass is 16.5. The van der Waals surface area contributed by atoms with Crippen LogP contribution >= 0.6 is 0 Å². The first kappa shape index (κ1) is 6.66. The molecule has 1 nitrogen and oxygen atoms in total. The van der Waals surface area contributed by atoms with Gasteiger partial charge in [0.15, 0.2) is 0 Å². The van der Waals surface area contributed by atoms with E-state index in [4.69, 9.17) is 4.74 Å². The summed E-state index contributed by atoms with van der Waals surface area (Å²) >= 11 is 0. The van der Waals surface area contributed by atoms with Crippen LogP contribution in [0.4, 0.5) is 0 Å². The summed E-state index contributed by atoms with van der Waals surface area (Å²) in [4.78, 5) is 0. The predicted octanol–water partition coefficient (Wildman–Crippen LogP) is 2.36. The van der Waals surface area contributed by atoms with Gasteiger partial charge in [0, 0.05) is 0 Å². The van der Waals surface area contributed by atoms with Gasteiger partial charge in [-0.3, -0.25) is 0 Å². The van der Waals surface area contributed by atoms with Crippen molar-refractivity contribution in [2.75, 3.05) is 6.61 Å². The molecule has 0 N–H and O–H groups in total. The zero-order valence-electron chi connectivity index (χ0n) is 6.94. The summed E-state index contributed by atoms with van der Waals surface area (Å²) in [7, 11) is 0. The average molecular weight is 140 g/mol. The third-order valence-electron chi connectivity index (χ3n) is 3.28. The predicted molar refractivity (Wildman–Crippen MR) is 40.9 cm³/mol. The minimum atomic E-state index is 0.262. The minimum absolute atomic E-state index is 0.262. The number of hydrogen-bond donors (Lipinski definition) is 0. The molecule has 0 aromatic carbocycles. The van der Waals surface area contributed by atoms with Gasteiger partial charge in [-0.2, -0.15) is 0 Å². The molecule has 2 saturated heterocycles. The summed E-state index contributed by atoms with van der Waals surface area (Å²) in [5, 5.41) is 0. The van der Waals surface area contributed by atoms with Gasteiger partial charge in [0.25, 0.3) is 0 Å². The fourth-order valence-electron chi connectivity index (χ4n) is 2.02. The number of ether oxygens (including phenoxy) is 1. The SMILES string of the molecule is CC12CCC(C)(CC1)OC2. The highest BCUT2D eigenvalue weighted by Crippen LogP contribution is 2.47. The van der Waals surface area contributed by atoms with Gasteiger partial charge in [-0.1, -0.05) is 6.92 Å². The van der Waals surface area contributed by atoms with Crippen LogP contribution in [0.5, 0.6) is 0 Å². The van der Waals surface area contributed by atoms with Crippen LogP contribution in [0, 0.1) is 5.41 Å². The Morgan fingerprint density at radius 3 is 1.90 bits per heavy atom. The second-order valence-electron chi connectivity index (χ2n) is 4.55. The molecule has 0 amide bonds. The molecule has 0 aromatic heterocycles. The minimum Gasteiger partial charge on any atom is -0.375 e. The molecule has 3 fully saturated rings. The van der Waals surface area contributed by atoms with Crippen LogP contribution in [-0.2, 0) is 4.74 Å². The fraction of sp³-hybridized carbons (Fsp3) is 1.00. The largest absolute Gasteiger partial charge is 0.375 e. The number of fused-ring (bicyclic) bond motifs is 3. The van der Waals surface area contributed by atoms with E-state index in [0.29, 0.717) is 5.41 Å². The molecule has 2 bridgehead atoms. The zero-order chi connectivity index (χ0) is 7.24. The Labute approximate surface area is 62.8 Å². The monoisotopic (exact) mass is 140 g/mol. The van der Waals surface area contributed by atoms with E-state index in [-0.39, 0.29) is 5.60 Å². The molecular formula is C9H16O. The maximum Gasteiger partial charge on any atom is 0.0655 e. The molecule has 0 radical (unpaired) electrons. The van der Waals surface area contributed by atoms with Gasteiger partial charge < -0.3 is 4.74 Å². The van der Waals surface area contributed by atoms with Crippen molar-refractivity contribution in [3.8, 4) is 0 Å². The first-order chi connectivity index (χ1) is 4.62. The van der Waals surface area contributed by atoms with Crippen molar-refractivity contribution in [1.82, 2.24) is 0 Å². The van der Waals surface area contributed by atoms with Crippen molar-refractivity contribution in [1.29, 1.82) is 0 Å². The van der Waals surface area contributed by atoms with Crippen molar-refractivity contribution in [3.05, 3.63) is 0 Å². The van der Waals surface area contributed by atoms with Crippen LogP contribution in [0.3, 0.4) is 0 Å². The van der Waals surface area contributed by atoms with Crippen molar-refractivity contribution in [3.63, 3.8) is 0 Å². The maximum atomic E-state index is 5.77. The molecule has 10 heavy (non-hydrogen) atoms. The van der Waals surface area contributed by atoms with Crippen LogP contribution in [0.2, 0.25) is 0 Å². The van der Waals surface area contributed by atoms with E-state index in [1.165, 1.54) is 25.7 Å². The summed E-state index contributed by atoms with van der Waals surface area (Å²) in [6.07, 6.45) is 5.32. The lowest BCUT2D eigenvalue weighted by molar-refractivity contribution is -0.167. The Bertz CT molecular complexity index is 108. The van der Waals surface area contributed by atoms with Crippen molar-refractivity contribution < 1.29 is 4.74 Å². The quantitative estimate of drug-likeness (QED) is 0.502. The summed E-state index contributed by atoms with van der Waals surface area (Å²) < 4.78 is 5.77. The molecule has 0 unspecified atom stereocenters. The third-order valence-corrected chi connectivity index (χ3v) is 3.28. The standard InChI is InChI=1S/C9H16O/c1-8-3-5-9(2,6-4-8)10-7-8/h3-7H2,1-2H3. The van der Waals surface area contributed by atoms with Crippen molar-refractivity contribution in [2.24, 2.45) is 5.41 Å². The molecular weight excluding hydrogens is 124 g/mol. The maximum absolute atomic E-state index is 5.77. The van der Waals surface area contributed by atoms with E-state index in [9.17, 15) is 0 Å². The van der Waals surface area contributed by atoms with E-state index in [2.05, 4.69) is 13.8 Å². The number of rotatable bonds is 0. The first-order valence-electron chi connectivity index (χ1n) is 4.26. The second kappa shape index (κ2) is 1.76. The van der Waals surface area contributed by atoms with E-state index in [0.717, 1.165) is 6.61 Å². The van der Waals surface area contributed by atoms with Crippen molar-refractivity contribution in [2.45, 2.75) is 45.1 Å². The molecule has 58 valence electrons. The topological polar surface area (TPSA) is 9.23 Å². The van der Waals surface area contributed by atoms with Gasteiger partial charge in [0.1, 0.15) is 0 Å². The molecule has 3 aliphatic rings. The number of hydrogen-bond acceptors (Lipinski definition) is 1. The Hall–Kier alpha value is -0.0400. The van der Waals surface area contributed by atoms with Gasteiger partial charge in [-0.25, -0.2) is 0 Å². The molecule has 1 aliphatic carbocycles. The van der Waals surface area contributed by atoms with E-state index < -0.39 is 0 Å². The molecule has 0 aromatic rings. The molecule has 0 atom stereocenters. The van der Waals surface area contributed by atoms with Gasteiger partial charge in [0.2, 0.25) is 0 Å². The van der Waals surface area contributed by atoms with E-state index >= 15 is 0 Å². The van der Waals surface area contributed by atoms with Crippen LogP contribution in [-0.4, -0.2) is 12.2 Å². The lowest BCUT2D eigenvalue weighted by Gasteiger charge is -2.50. The molecule has 3 rings (SSSR count). The fourth-order valence-corrected chi connectivity index (χ4v) is 2.02. The van der Waals surface area contributed by atoms with Gasteiger partial charge in [-0.15, -0.1) is 0 Å². The molecule has 2 aliphatic heterocycles. The highest BCUT2D eigenvalue weighted by Gasteiger charge is 2.44. The molecule has 0 spiro atoms. The van der Waals surface area contributed by atoms with Crippen molar-refractivity contribution >= 4 is 0 Å². The van der Waals surface area contributed by atoms with Crippen LogP contribution < -0.4 is 0 Å².